The topological polar surface area (TPSA) is 72.5 Å². The summed E-state index contributed by atoms with van der Waals surface area (Å²) < 4.78 is 6.43. The third-order valence-corrected chi connectivity index (χ3v) is 4.43. The van der Waals surface area contributed by atoms with E-state index in [2.05, 4.69) is 22.0 Å². The van der Waals surface area contributed by atoms with Crippen molar-refractivity contribution in [1.82, 2.24) is 0 Å². The highest BCUT2D eigenvalue weighted by Gasteiger charge is 2.23. The van der Waals surface area contributed by atoms with Crippen LogP contribution in [0.5, 0.6) is 5.75 Å². The maximum Gasteiger partial charge on any atom is 0.303 e. The molecule has 1 aliphatic carbocycles. The zero-order valence-electron chi connectivity index (χ0n) is 10.9. The zero-order valence-corrected chi connectivity index (χ0v) is 12.5. The van der Waals surface area contributed by atoms with Gasteiger partial charge in [0.15, 0.2) is 0 Å². The van der Waals surface area contributed by atoms with Gasteiger partial charge in [0.1, 0.15) is 5.75 Å². The Morgan fingerprint density at radius 3 is 2.95 bits per heavy atom. The molecule has 0 saturated heterocycles. The lowest BCUT2D eigenvalue weighted by Gasteiger charge is -2.19. The van der Waals surface area contributed by atoms with Crippen molar-refractivity contribution in [2.45, 2.75) is 38.1 Å². The molecule has 1 aromatic rings. The molecule has 5 heteroatoms. The fourth-order valence-corrected chi connectivity index (χ4v) is 3.46. The van der Waals surface area contributed by atoms with E-state index in [0.29, 0.717) is 6.42 Å². The summed E-state index contributed by atoms with van der Waals surface area (Å²) >= 11 is 3.59. The van der Waals surface area contributed by atoms with Crippen LogP contribution in [-0.4, -0.2) is 18.2 Å². The predicted molar refractivity (Wildman–Crippen MR) is 76.5 cm³/mol. The minimum absolute atomic E-state index is 0.0685. The number of halogens is 1. The zero-order chi connectivity index (χ0) is 14.0. The van der Waals surface area contributed by atoms with Gasteiger partial charge in [-0.3, -0.25) is 4.79 Å². The molecule has 0 aliphatic heterocycles. The molecule has 0 aromatic heterocycles. The Morgan fingerprint density at radius 2 is 2.32 bits per heavy atom. The molecule has 3 N–H and O–H groups in total. The highest BCUT2D eigenvalue weighted by Crippen LogP contribution is 2.41. The molecule has 1 aromatic carbocycles. The van der Waals surface area contributed by atoms with Gasteiger partial charge >= 0.3 is 5.97 Å². The molecule has 0 spiro atoms. The normalized spacial score (nSPS) is 15.1. The third kappa shape index (κ3) is 2.92. The molecule has 0 saturated carbocycles. The van der Waals surface area contributed by atoms with E-state index in [1.165, 1.54) is 11.1 Å². The fraction of sp³-hybridized carbons (Fsp3) is 0.500. The summed E-state index contributed by atoms with van der Waals surface area (Å²) in [5.74, 6) is -0.0758. The Morgan fingerprint density at radius 1 is 1.58 bits per heavy atom. The van der Waals surface area contributed by atoms with E-state index >= 15 is 0 Å². The minimum atomic E-state index is -0.824. The monoisotopic (exact) mass is 327 g/mol. The molecular formula is C14H18BrNO3. The second-order valence-electron chi connectivity index (χ2n) is 4.84. The van der Waals surface area contributed by atoms with Crippen molar-refractivity contribution in [3.05, 3.63) is 27.2 Å². The van der Waals surface area contributed by atoms with Gasteiger partial charge in [0, 0.05) is 18.0 Å². The summed E-state index contributed by atoms with van der Waals surface area (Å²) in [6.07, 6.45) is 3.73. The molecular weight excluding hydrogens is 310 g/mol. The van der Waals surface area contributed by atoms with Gasteiger partial charge in [-0.15, -0.1) is 0 Å². The van der Waals surface area contributed by atoms with Crippen LogP contribution in [0.15, 0.2) is 10.5 Å². The Bertz CT molecular complexity index is 502. The number of benzene rings is 1. The second-order valence-corrected chi connectivity index (χ2v) is 5.64. The van der Waals surface area contributed by atoms with E-state index < -0.39 is 5.97 Å². The molecule has 0 amide bonds. The van der Waals surface area contributed by atoms with Crippen LogP contribution in [0.25, 0.3) is 0 Å². The van der Waals surface area contributed by atoms with E-state index in [4.69, 9.17) is 15.6 Å². The van der Waals surface area contributed by atoms with Gasteiger partial charge in [0.2, 0.25) is 0 Å². The standard InChI is InChI=1S/C14H18BrNO3/c1-19-14-10(11(16)5-6-12(17)18)7-8-3-2-4-9(8)13(14)15/h7,11H,2-6,16H2,1H3,(H,17,18). The summed E-state index contributed by atoms with van der Waals surface area (Å²) in [5.41, 5.74) is 9.61. The average molecular weight is 328 g/mol. The number of carboxylic acid groups (broad SMARTS) is 1. The van der Waals surface area contributed by atoms with Crippen molar-refractivity contribution in [3.63, 3.8) is 0 Å². The number of carboxylic acids is 1. The van der Waals surface area contributed by atoms with E-state index in [0.717, 1.165) is 35.0 Å². The maximum absolute atomic E-state index is 10.6. The Labute approximate surface area is 121 Å². The van der Waals surface area contributed by atoms with Gasteiger partial charge in [-0.25, -0.2) is 0 Å². The number of nitrogens with two attached hydrogens (primary N) is 1. The van der Waals surface area contributed by atoms with Crippen LogP contribution in [0.1, 0.15) is 42.0 Å². The minimum Gasteiger partial charge on any atom is -0.495 e. The second kappa shape index (κ2) is 5.92. The van der Waals surface area contributed by atoms with Crippen LogP contribution in [0.3, 0.4) is 0 Å². The van der Waals surface area contributed by atoms with Crippen LogP contribution in [0.4, 0.5) is 0 Å². The Hall–Kier alpha value is -1.07. The van der Waals surface area contributed by atoms with Gasteiger partial charge < -0.3 is 15.6 Å². The van der Waals surface area contributed by atoms with E-state index in [-0.39, 0.29) is 12.5 Å². The fourth-order valence-electron chi connectivity index (χ4n) is 2.61. The smallest absolute Gasteiger partial charge is 0.303 e. The number of hydrogen-bond donors (Lipinski definition) is 2. The summed E-state index contributed by atoms with van der Waals surface area (Å²) in [7, 11) is 1.62. The highest BCUT2D eigenvalue weighted by molar-refractivity contribution is 9.10. The van der Waals surface area contributed by atoms with E-state index in [9.17, 15) is 4.79 Å². The van der Waals surface area contributed by atoms with E-state index in [1.54, 1.807) is 7.11 Å². The number of fused-ring (bicyclic) bond motifs is 1. The molecule has 1 atom stereocenters. The largest absolute Gasteiger partial charge is 0.495 e. The number of rotatable bonds is 5. The van der Waals surface area contributed by atoms with Crippen molar-refractivity contribution in [2.75, 3.05) is 7.11 Å². The first-order chi connectivity index (χ1) is 9.04. The van der Waals surface area contributed by atoms with Crippen LogP contribution >= 0.6 is 15.9 Å². The Kier molecular flexibility index (Phi) is 4.47. The number of hydrogen-bond acceptors (Lipinski definition) is 3. The summed E-state index contributed by atoms with van der Waals surface area (Å²) in [4.78, 5) is 10.6. The molecule has 0 heterocycles. The van der Waals surface area contributed by atoms with Crippen LogP contribution in [0, 0.1) is 0 Å². The molecule has 1 aliphatic rings. The number of methoxy groups -OCH3 is 1. The van der Waals surface area contributed by atoms with Gasteiger partial charge in [-0.2, -0.15) is 0 Å². The van der Waals surface area contributed by atoms with Gasteiger partial charge in [0.05, 0.1) is 11.6 Å². The molecule has 2 rings (SSSR count). The highest BCUT2D eigenvalue weighted by atomic mass is 79.9. The molecule has 0 fully saturated rings. The number of aliphatic carboxylic acids is 1. The number of carbonyl (C=O) groups is 1. The number of ether oxygens (including phenoxy) is 1. The predicted octanol–water partition coefficient (Wildman–Crippen LogP) is 2.81. The van der Waals surface area contributed by atoms with Crippen molar-refractivity contribution < 1.29 is 14.6 Å². The molecule has 0 bridgehead atoms. The SMILES string of the molecule is COc1c(C(N)CCC(=O)O)cc2c(c1Br)CCC2. The van der Waals surface area contributed by atoms with Gasteiger partial charge in [0.25, 0.3) is 0 Å². The lowest BCUT2D eigenvalue weighted by molar-refractivity contribution is -0.137. The first-order valence-electron chi connectivity index (χ1n) is 6.40. The first kappa shape index (κ1) is 14.3. The Balaban J connectivity index is 2.34. The summed E-state index contributed by atoms with van der Waals surface area (Å²) in [5, 5.41) is 8.75. The lowest BCUT2D eigenvalue weighted by Crippen LogP contribution is -2.14. The van der Waals surface area contributed by atoms with Crippen LogP contribution in [-0.2, 0) is 17.6 Å². The van der Waals surface area contributed by atoms with Gasteiger partial charge in [-0.1, -0.05) is 6.07 Å². The first-order valence-corrected chi connectivity index (χ1v) is 7.19. The molecule has 19 heavy (non-hydrogen) atoms. The van der Waals surface area contributed by atoms with Crippen molar-refractivity contribution in [1.29, 1.82) is 0 Å². The van der Waals surface area contributed by atoms with Crippen molar-refractivity contribution >= 4 is 21.9 Å². The molecule has 4 nitrogen and oxygen atoms in total. The lowest BCUT2D eigenvalue weighted by atomic mass is 9.97. The molecule has 1 unspecified atom stereocenters. The number of aryl methyl sites for hydroxylation is 1. The summed E-state index contributed by atoms with van der Waals surface area (Å²) in [6.45, 7) is 0. The molecule has 104 valence electrons. The van der Waals surface area contributed by atoms with Crippen molar-refractivity contribution in [3.8, 4) is 5.75 Å². The van der Waals surface area contributed by atoms with Crippen molar-refractivity contribution in [2.24, 2.45) is 5.73 Å². The third-order valence-electron chi connectivity index (χ3n) is 3.59. The van der Waals surface area contributed by atoms with E-state index in [1.807, 2.05) is 0 Å². The quantitative estimate of drug-likeness (QED) is 0.872. The van der Waals surface area contributed by atoms with Gasteiger partial charge in [-0.05, 0) is 52.7 Å². The maximum atomic E-state index is 10.6. The molecule has 0 radical (unpaired) electrons. The summed E-state index contributed by atoms with van der Waals surface area (Å²) in [6, 6.07) is 1.77. The van der Waals surface area contributed by atoms with Crippen LogP contribution in [0.2, 0.25) is 0 Å². The van der Waals surface area contributed by atoms with Crippen LogP contribution < -0.4 is 10.5 Å². The average Bonchev–Trinajstić information content (AvgIpc) is 2.84.